The summed E-state index contributed by atoms with van der Waals surface area (Å²) in [5, 5.41) is 0. The lowest BCUT2D eigenvalue weighted by Gasteiger charge is -2.44. The zero-order valence-corrected chi connectivity index (χ0v) is 17.6. The van der Waals surface area contributed by atoms with Crippen LogP contribution < -0.4 is 4.98 Å². The monoisotopic (exact) mass is 349 g/mol. The molecule has 138 valence electrons. The molecule has 0 aromatic rings. The molecule has 2 nitrogen and oxygen atoms in total. The lowest BCUT2D eigenvalue weighted by molar-refractivity contribution is 0.0108. The molecule has 3 saturated carbocycles. The maximum Gasteiger partial charge on any atom is 0.125 e. The molecule has 4 aliphatic rings. The Bertz CT molecular complexity index is 471. The highest BCUT2D eigenvalue weighted by Crippen LogP contribution is 2.63. The first-order chi connectivity index (χ1) is 11.3. The molecular weight excluding hydrogens is 310 g/mol. The topological polar surface area (TPSA) is 21.3 Å². The van der Waals surface area contributed by atoms with Crippen molar-refractivity contribution in [2.75, 3.05) is 0 Å². The molecule has 1 N–H and O–H groups in total. The molecule has 24 heavy (non-hydrogen) atoms. The predicted molar refractivity (Wildman–Crippen MR) is 104 cm³/mol. The van der Waals surface area contributed by atoms with Crippen LogP contribution in [0.15, 0.2) is 0 Å². The van der Waals surface area contributed by atoms with Crippen LogP contribution in [0.4, 0.5) is 0 Å². The van der Waals surface area contributed by atoms with Crippen LogP contribution in [0.25, 0.3) is 0 Å². The molecule has 1 saturated heterocycles. The Balaban J connectivity index is 1.65. The molecule has 4 fully saturated rings. The molecule has 1 aliphatic heterocycles. The van der Waals surface area contributed by atoms with Crippen LogP contribution in [0.5, 0.6) is 0 Å². The molecule has 1 heterocycles. The lowest BCUT2D eigenvalue weighted by Crippen LogP contribution is -2.59. The van der Waals surface area contributed by atoms with E-state index in [-0.39, 0.29) is 5.54 Å². The Morgan fingerprint density at radius 1 is 0.833 bits per heavy atom. The van der Waals surface area contributed by atoms with Gasteiger partial charge in [-0.1, -0.05) is 45.2 Å². The maximum absolute atomic E-state index is 6.89. The van der Waals surface area contributed by atoms with Gasteiger partial charge in [-0.2, -0.15) is 0 Å². The standard InChI is InChI=1S/C21H39NOSi/c1-21(2,3)22-24(4,5)20-15-11-7-6-10-14(15)18-16-12-8-9-13-17(16)23-19(18)20/h14-20,22H,6-13H2,1-5H3. The second-order valence-electron chi connectivity index (χ2n) is 10.9. The molecule has 0 aromatic carbocycles. The first kappa shape index (κ1) is 17.5. The summed E-state index contributed by atoms with van der Waals surface area (Å²) in [6.45, 7) is 12.2. The number of hydrogen-bond acceptors (Lipinski definition) is 2. The second-order valence-corrected chi connectivity index (χ2v) is 15.3. The van der Waals surface area contributed by atoms with Crippen LogP contribution in [0.1, 0.15) is 72.1 Å². The average molecular weight is 350 g/mol. The Hall–Kier alpha value is 0.137. The fourth-order valence-corrected chi connectivity index (χ4v) is 12.2. The number of nitrogens with one attached hydrogen (secondary N) is 1. The predicted octanol–water partition coefficient (Wildman–Crippen LogP) is 5.34. The summed E-state index contributed by atoms with van der Waals surface area (Å²) >= 11 is 0. The van der Waals surface area contributed by atoms with Crippen molar-refractivity contribution in [2.24, 2.45) is 23.7 Å². The summed E-state index contributed by atoms with van der Waals surface area (Å²) in [5.74, 6) is 3.74. The summed E-state index contributed by atoms with van der Waals surface area (Å²) in [6, 6.07) is 0. The quantitative estimate of drug-likeness (QED) is 0.679. The normalized spacial score (nSPS) is 45.6. The molecule has 3 heteroatoms. The molecule has 0 spiro atoms. The third kappa shape index (κ3) is 2.93. The molecule has 7 atom stereocenters. The smallest absolute Gasteiger partial charge is 0.125 e. The summed E-state index contributed by atoms with van der Waals surface area (Å²) in [6.07, 6.45) is 12.8. The van der Waals surface area contributed by atoms with E-state index >= 15 is 0 Å². The van der Waals surface area contributed by atoms with E-state index in [0.717, 1.165) is 29.2 Å². The molecule has 4 rings (SSSR count). The fourth-order valence-electron chi connectivity index (χ4n) is 7.51. The second kappa shape index (κ2) is 6.09. The van der Waals surface area contributed by atoms with E-state index in [0.29, 0.717) is 12.2 Å². The molecule has 0 bridgehead atoms. The van der Waals surface area contributed by atoms with Gasteiger partial charge in [0.1, 0.15) is 8.24 Å². The van der Waals surface area contributed by atoms with Gasteiger partial charge in [0.05, 0.1) is 12.2 Å². The van der Waals surface area contributed by atoms with Gasteiger partial charge >= 0.3 is 0 Å². The van der Waals surface area contributed by atoms with Crippen molar-refractivity contribution in [2.45, 2.75) is 109 Å². The SMILES string of the molecule is CC(C)(C)N[Si](C)(C)C1C2CCCCC2C2C3CCCCC3OC21. The largest absolute Gasteiger partial charge is 0.374 e. The van der Waals surface area contributed by atoms with Gasteiger partial charge < -0.3 is 9.72 Å². The minimum Gasteiger partial charge on any atom is -0.374 e. The average Bonchev–Trinajstić information content (AvgIpc) is 2.98. The van der Waals surface area contributed by atoms with Crippen LogP contribution in [-0.2, 0) is 4.74 Å². The molecule has 3 aliphatic carbocycles. The number of ether oxygens (including phenoxy) is 1. The Morgan fingerprint density at radius 2 is 1.42 bits per heavy atom. The van der Waals surface area contributed by atoms with Gasteiger partial charge in [-0.25, -0.2) is 0 Å². The summed E-state index contributed by atoms with van der Waals surface area (Å²) in [5.41, 5.74) is 1.06. The van der Waals surface area contributed by atoms with Gasteiger partial charge in [0.15, 0.2) is 0 Å². The van der Waals surface area contributed by atoms with Gasteiger partial charge in [-0.05, 0) is 69.2 Å². The molecular formula is C21H39NOSi. The van der Waals surface area contributed by atoms with Crippen LogP contribution in [0, 0.1) is 23.7 Å². The van der Waals surface area contributed by atoms with Crippen LogP contribution in [0.2, 0.25) is 18.6 Å². The first-order valence-electron chi connectivity index (χ1n) is 10.7. The zero-order chi connectivity index (χ0) is 17.1. The van der Waals surface area contributed by atoms with Gasteiger partial charge in [-0.3, -0.25) is 0 Å². The summed E-state index contributed by atoms with van der Waals surface area (Å²) < 4.78 is 6.89. The van der Waals surface area contributed by atoms with Crippen molar-refractivity contribution in [3.63, 3.8) is 0 Å². The van der Waals surface area contributed by atoms with Crippen molar-refractivity contribution in [1.29, 1.82) is 0 Å². The van der Waals surface area contributed by atoms with Crippen molar-refractivity contribution in [3.05, 3.63) is 0 Å². The van der Waals surface area contributed by atoms with E-state index in [2.05, 4.69) is 38.8 Å². The maximum atomic E-state index is 6.89. The minimum absolute atomic E-state index is 0.226. The lowest BCUT2D eigenvalue weighted by atomic mass is 9.70. The number of hydrogen-bond donors (Lipinski definition) is 1. The third-order valence-electron chi connectivity index (χ3n) is 7.67. The molecule has 0 radical (unpaired) electrons. The van der Waals surface area contributed by atoms with Gasteiger partial charge in [0.25, 0.3) is 0 Å². The first-order valence-corrected chi connectivity index (χ1v) is 13.8. The van der Waals surface area contributed by atoms with Crippen molar-refractivity contribution in [3.8, 4) is 0 Å². The van der Waals surface area contributed by atoms with Gasteiger partial charge in [-0.15, -0.1) is 0 Å². The number of fused-ring (bicyclic) bond motifs is 5. The Morgan fingerprint density at radius 3 is 2.08 bits per heavy atom. The highest BCUT2D eigenvalue weighted by atomic mass is 28.3. The Kier molecular flexibility index (Phi) is 4.45. The molecule has 0 aromatic heterocycles. The van der Waals surface area contributed by atoms with Gasteiger partial charge in [0, 0.05) is 5.54 Å². The van der Waals surface area contributed by atoms with Crippen molar-refractivity contribution in [1.82, 2.24) is 4.98 Å². The summed E-state index contributed by atoms with van der Waals surface area (Å²) in [4.78, 5) is 4.12. The zero-order valence-electron chi connectivity index (χ0n) is 16.6. The van der Waals surface area contributed by atoms with E-state index in [1.165, 1.54) is 51.4 Å². The van der Waals surface area contributed by atoms with E-state index in [9.17, 15) is 0 Å². The highest BCUT2D eigenvalue weighted by molar-refractivity contribution is 6.76. The van der Waals surface area contributed by atoms with E-state index in [4.69, 9.17) is 4.74 Å². The Labute approximate surface area is 150 Å². The van der Waals surface area contributed by atoms with Crippen molar-refractivity contribution < 1.29 is 4.74 Å². The number of rotatable bonds is 2. The van der Waals surface area contributed by atoms with Gasteiger partial charge in [0.2, 0.25) is 0 Å². The molecule has 0 amide bonds. The minimum atomic E-state index is -1.54. The van der Waals surface area contributed by atoms with Crippen LogP contribution in [-0.4, -0.2) is 26.0 Å². The highest BCUT2D eigenvalue weighted by Gasteiger charge is 2.63. The van der Waals surface area contributed by atoms with Crippen molar-refractivity contribution >= 4 is 8.24 Å². The third-order valence-corrected chi connectivity index (χ3v) is 11.5. The summed E-state index contributed by atoms with van der Waals surface area (Å²) in [7, 11) is -1.54. The van der Waals surface area contributed by atoms with Crippen LogP contribution in [0.3, 0.4) is 0 Å². The van der Waals surface area contributed by atoms with E-state index < -0.39 is 8.24 Å². The van der Waals surface area contributed by atoms with Crippen LogP contribution >= 0.6 is 0 Å². The molecule has 7 unspecified atom stereocenters. The fraction of sp³-hybridized carbons (Fsp3) is 1.00. The van der Waals surface area contributed by atoms with E-state index in [1.54, 1.807) is 0 Å². The van der Waals surface area contributed by atoms with E-state index in [1.807, 2.05) is 0 Å².